The number of hydrogen-bond donors (Lipinski definition) is 1. The number of hydrogen-bond acceptors (Lipinski definition) is 8. The number of benzene rings is 1. The normalized spacial score (nSPS) is 24.4. The average molecular weight is 791 g/mol. The van der Waals surface area contributed by atoms with Crippen LogP contribution in [0.4, 0.5) is 32.3 Å². The molecule has 1 saturated carbocycles. The van der Waals surface area contributed by atoms with Crippen molar-refractivity contribution in [2.75, 3.05) is 31.2 Å². The SMILES string of the molecule is C[C@@H](COc1cnc(N2CCC(c3nc4c(c(C5CCC(F)(F)CC5)c3[C@@H](F)c3ccc(C(F)(F)F)cc3)[C@@H](O)CC(C)(C)C4)CC2)nc1)OC1CCCCO1. The molecular formula is C42H52F6N4O4. The summed E-state index contributed by atoms with van der Waals surface area (Å²) in [6.07, 6.45) is -0.207. The third kappa shape index (κ3) is 9.28. The minimum absolute atomic E-state index is 0.0189. The average Bonchev–Trinajstić information content (AvgIpc) is 3.16. The lowest BCUT2D eigenvalue weighted by Gasteiger charge is -2.41. The van der Waals surface area contributed by atoms with Gasteiger partial charge in [0.1, 0.15) is 6.61 Å². The van der Waals surface area contributed by atoms with E-state index in [1.807, 2.05) is 25.7 Å². The van der Waals surface area contributed by atoms with E-state index in [4.69, 9.17) is 19.2 Å². The van der Waals surface area contributed by atoms with Gasteiger partial charge in [-0.15, -0.1) is 0 Å². The van der Waals surface area contributed by atoms with Crippen molar-refractivity contribution in [3.8, 4) is 5.75 Å². The standard InChI is InChI=1S/C42H52F6N4O4/c1-25(56-33-6-4-5-19-54-33)24-55-30-22-49-39(50-23-30)52-17-13-28(14-18-52)38-36(37(43)27-7-9-29(10-8-27)42(46,47)48)34(26-11-15-41(44,45)16-12-26)35-31(51-38)20-40(2,3)21-32(35)53/h7-10,22-23,25-26,28,32-33,37,53H,4-6,11-21,24H2,1-3H3/t25-,32-,33?,37-/m0/s1. The fourth-order valence-corrected chi connectivity index (χ4v) is 8.95. The molecule has 7 rings (SSSR count). The first-order chi connectivity index (χ1) is 26.6. The molecule has 4 atom stereocenters. The number of aromatic nitrogens is 3. The molecule has 3 fully saturated rings. The first-order valence-corrected chi connectivity index (χ1v) is 20.0. The van der Waals surface area contributed by atoms with Crippen LogP contribution in [-0.4, -0.2) is 64.7 Å². The molecular weight excluding hydrogens is 738 g/mol. The molecule has 2 aliphatic heterocycles. The smallest absolute Gasteiger partial charge is 0.416 e. The number of alkyl halides is 6. The van der Waals surface area contributed by atoms with E-state index in [-0.39, 0.29) is 60.5 Å². The number of pyridine rings is 1. The molecule has 0 amide bonds. The molecule has 1 unspecified atom stereocenters. The third-order valence-corrected chi connectivity index (χ3v) is 11.8. The molecule has 56 heavy (non-hydrogen) atoms. The number of aliphatic hydroxyl groups is 1. The lowest BCUT2D eigenvalue weighted by Crippen LogP contribution is -2.36. The Morgan fingerprint density at radius 3 is 2.25 bits per heavy atom. The lowest BCUT2D eigenvalue weighted by molar-refractivity contribution is -0.189. The Morgan fingerprint density at radius 2 is 1.62 bits per heavy atom. The molecule has 4 aliphatic rings. The van der Waals surface area contributed by atoms with E-state index in [0.717, 1.165) is 43.5 Å². The zero-order valence-corrected chi connectivity index (χ0v) is 32.3. The summed E-state index contributed by atoms with van der Waals surface area (Å²) in [4.78, 5) is 16.3. The van der Waals surface area contributed by atoms with Gasteiger partial charge in [-0.2, -0.15) is 13.2 Å². The maximum Gasteiger partial charge on any atom is 0.416 e. The van der Waals surface area contributed by atoms with Gasteiger partial charge in [0.2, 0.25) is 11.9 Å². The minimum Gasteiger partial charge on any atom is -0.488 e. The fraction of sp³-hybridized carbons (Fsp3) is 0.643. The Bertz CT molecular complexity index is 1780. The number of aliphatic hydroxyl groups excluding tert-OH is 1. The van der Waals surface area contributed by atoms with Gasteiger partial charge in [-0.05, 0) is 99.3 Å². The maximum atomic E-state index is 17.3. The second-order valence-electron chi connectivity index (χ2n) is 16.9. The summed E-state index contributed by atoms with van der Waals surface area (Å²) in [6, 6.07) is 4.00. The summed E-state index contributed by atoms with van der Waals surface area (Å²) < 4.78 is 104. The van der Waals surface area contributed by atoms with E-state index >= 15 is 4.39 Å². The molecule has 0 bridgehead atoms. The van der Waals surface area contributed by atoms with Crippen LogP contribution in [0.3, 0.4) is 0 Å². The molecule has 3 aromatic rings. The summed E-state index contributed by atoms with van der Waals surface area (Å²) >= 11 is 0. The first-order valence-electron chi connectivity index (χ1n) is 20.0. The zero-order chi connectivity index (χ0) is 39.8. The minimum atomic E-state index is -4.60. The fourth-order valence-electron chi connectivity index (χ4n) is 8.95. The van der Waals surface area contributed by atoms with Crippen LogP contribution in [-0.2, 0) is 22.1 Å². The molecule has 2 aliphatic carbocycles. The van der Waals surface area contributed by atoms with Gasteiger partial charge in [0.25, 0.3) is 0 Å². The monoisotopic (exact) mass is 790 g/mol. The molecule has 0 spiro atoms. The van der Waals surface area contributed by atoms with Crippen LogP contribution >= 0.6 is 0 Å². The highest BCUT2D eigenvalue weighted by Crippen LogP contribution is 2.52. The van der Waals surface area contributed by atoms with Gasteiger partial charge in [0, 0.05) is 55.3 Å². The van der Waals surface area contributed by atoms with E-state index in [9.17, 15) is 27.1 Å². The van der Waals surface area contributed by atoms with Gasteiger partial charge < -0.3 is 24.2 Å². The molecule has 8 nitrogen and oxygen atoms in total. The second-order valence-corrected chi connectivity index (χ2v) is 16.9. The first kappa shape index (κ1) is 40.7. The number of halogens is 6. The zero-order valence-electron chi connectivity index (χ0n) is 32.3. The number of anilines is 1. The largest absolute Gasteiger partial charge is 0.488 e. The Labute approximate surface area is 324 Å². The van der Waals surface area contributed by atoms with E-state index in [1.54, 1.807) is 12.4 Å². The molecule has 2 saturated heterocycles. The highest BCUT2D eigenvalue weighted by Gasteiger charge is 2.44. The van der Waals surface area contributed by atoms with Gasteiger partial charge in [-0.3, -0.25) is 4.98 Å². The van der Waals surface area contributed by atoms with E-state index < -0.39 is 35.9 Å². The van der Waals surface area contributed by atoms with Crippen molar-refractivity contribution >= 4 is 5.95 Å². The quantitative estimate of drug-likeness (QED) is 0.203. The highest BCUT2D eigenvalue weighted by molar-refractivity contribution is 5.51. The predicted molar refractivity (Wildman–Crippen MR) is 198 cm³/mol. The number of nitrogens with zero attached hydrogens (tertiary/aromatic N) is 4. The van der Waals surface area contributed by atoms with E-state index in [2.05, 4.69) is 9.97 Å². The van der Waals surface area contributed by atoms with Crippen molar-refractivity contribution in [2.24, 2.45) is 5.41 Å². The van der Waals surface area contributed by atoms with Gasteiger partial charge in [0.15, 0.2) is 18.2 Å². The van der Waals surface area contributed by atoms with Gasteiger partial charge in [-0.1, -0.05) is 26.0 Å². The Hall–Kier alpha value is -3.49. The Balaban J connectivity index is 1.16. The van der Waals surface area contributed by atoms with Gasteiger partial charge >= 0.3 is 6.18 Å². The van der Waals surface area contributed by atoms with Crippen molar-refractivity contribution in [1.82, 2.24) is 15.0 Å². The summed E-state index contributed by atoms with van der Waals surface area (Å²) in [5.41, 5.74) is 1.18. The molecule has 1 aromatic carbocycles. The summed E-state index contributed by atoms with van der Waals surface area (Å²) in [5, 5.41) is 11.6. The van der Waals surface area contributed by atoms with Crippen molar-refractivity contribution in [1.29, 1.82) is 0 Å². The van der Waals surface area contributed by atoms with Crippen LogP contribution in [0, 0.1) is 5.41 Å². The van der Waals surface area contributed by atoms with E-state index in [0.29, 0.717) is 86.2 Å². The molecule has 306 valence electrons. The number of fused-ring (bicyclic) bond motifs is 1. The van der Waals surface area contributed by atoms with Crippen LogP contribution in [0.5, 0.6) is 5.75 Å². The number of rotatable bonds is 10. The van der Waals surface area contributed by atoms with Crippen molar-refractivity contribution in [2.45, 2.75) is 140 Å². The van der Waals surface area contributed by atoms with Crippen molar-refractivity contribution < 1.29 is 45.7 Å². The number of piperidine rings is 1. The third-order valence-electron chi connectivity index (χ3n) is 11.8. The van der Waals surface area contributed by atoms with Gasteiger partial charge in [-0.25, -0.2) is 23.1 Å². The molecule has 14 heteroatoms. The van der Waals surface area contributed by atoms with E-state index in [1.165, 1.54) is 0 Å². The summed E-state index contributed by atoms with van der Waals surface area (Å²) in [5.74, 6) is -2.54. The summed E-state index contributed by atoms with van der Waals surface area (Å²) in [6.45, 7) is 8.04. The molecule has 4 heterocycles. The maximum absolute atomic E-state index is 17.3. The van der Waals surface area contributed by atoms with Crippen molar-refractivity contribution in [3.05, 3.63) is 75.9 Å². The van der Waals surface area contributed by atoms with Crippen LogP contribution in [0.2, 0.25) is 0 Å². The van der Waals surface area contributed by atoms with Crippen LogP contribution in [0.1, 0.15) is 148 Å². The topological polar surface area (TPSA) is 89.8 Å². The Morgan fingerprint density at radius 1 is 0.946 bits per heavy atom. The van der Waals surface area contributed by atoms with Crippen LogP contribution in [0.15, 0.2) is 36.7 Å². The number of ether oxygens (including phenoxy) is 3. The van der Waals surface area contributed by atoms with Crippen LogP contribution in [0.25, 0.3) is 0 Å². The van der Waals surface area contributed by atoms with Crippen LogP contribution < -0.4 is 9.64 Å². The van der Waals surface area contributed by atoms with Gasteiger partial charge in [0.05, 0.1) is 35.9 Å². The summed E-state index contributed by atoms with van der Waals surface area (Å²) in [7, 11) is 0. The predicted octanol–water partition coefficient (Wildman–Crippen LogP) is 9.94. The van der Waals surface area contributed by atoms with Crippen molar-refractivity contribution in [3.63, 3.8) is 0 Å². The lowest BCUT2D eigenvalue weighted by atomic mass is 9.68. The molecule has 1 N–H and O–H groups in total. The highest BCUT2D eigenvalue weighted by atomic mass is 19.4. The molecule has 2 aromatic heterocycles. The molecule has 0 radical (unpaired) electrons. The Kier molecular flexibility index (Phi) is 11.9. The second kappa shape index (κ2) is 16.4.